The summed E-state index contributed by atoms with van der Waals surface area (Å²) < 4.78 is 65.7. The third kappa shape index (κ3) is 9.78. The third-order valence-corrected chi connectivity index (χ3v) is 6.21. The molecular formula is C27H32F2N2O15. The quantitative estimate of drug-likeness (QED) is 0.137. The summed E-state index contributed by atoms with van der Waals surface area (Å²) in [5.41, 5.74) is -1.79. The van der Waals surface area contributed by atoms with Crippen molar-refractivity contribution in [2.75, 3.05) is 13.7 Å². The summed E-state index contributed by atoms with van der Waals surface area (Å²) >= 11 is 0. The van der Waals surface area contributed by atoms with Gasteiger partial charge in [-0.15, -0.1) is 0 Å². The van der Waals surface area contributed by atoms with E-state index in [1.165, 1.54) is 0 Å². The molecule has 0 aliphatic carbocycles. The summed E-state index contributed by atoms with van der Waals surface area (Å²) in [6, 6.07) is 0.518. The SMILES string of the molecule is COC(=O)C1(Oc2ccc([N+](=O)[O-])cc2C(F)F)CC(OC(C)=O)[C@@H](NC(C)=O)C([C@H](OC(C)=O)[C@H](COC(C)=O)OC(C)=O)O1. The number of nitro benzene ring substituents is 1. The van der Waals surface area contributed by atoms with Gasteiger partial charge in [-0.1, -0.05) is 0 Å². The lowest BCUT2D eigenvalue weighted by Gasteiger charge is -2.48. The van der Waals surface area contributed by atoms with E-state index in [0.29, 0.717) is 6.07 Å². The molecule has 1 aromatic rings. The van der Waals surface area contributed by atoms with E-state index < -0.39 is 113 Å². The zero-order valence-electron chi connectivity index (χ0n) is 25.4. The van der Waals surface area contributed by atoms with Crippen LogP contribution >= 0.6 is 0 Å². The van der Waals surface area contributed by atoms with Crippen LogP contribution in [-0.4, -0.2) is 90.6 Å². The van der Waals surface area contributed by atoms with E-state index in [-0.39, 0.29) is 0 Å². The molecule has 1 heterocycles. The number of hydrogen-bond donors (Lipinski definition) is 1. The summed E-state index contributed by atoms with van der Waals surface area (Å²) in [6.45, 7) is 4.16. The molecule has 0 spiro atoms. The molecular weight excluding hydrogens is 630 g/mol. The smallest absolute Gasteiger partial charge is 0.379 e. The molecule has 46 heavy (non-hydrogen) atoms. The van der Waals surface area contributed by atoms with Crippen molar-refractivity contribution in [3.8, 4) is 5.75 Å². The molecule has 6 atom stereocenters. The van der Waals surface area contributed by atoms with Gasteiger partial charge >= 0.3 is 35.6 Å². The average Bonchev–Trinajstić information content (AvgIpc) is 2.94. The molecule has 2 rings (SSSR count). The maximum absolute atomic E-state index is 14.1. The van der Waals surface area contributed by atoms with Crippen molar-refractivity contribution in [2.45, 2.75) is 83.7 Å². The second-order valence-electron chi connectivity index (χ2n) is 9.81. The lowest BCUT2D eigenvalue weighted by molar-refractivity contribution is -0.385. The summed E-state index contributed by atoms with van der Waals surface area (Å²) in [7, 11) is 0.863. The molecule has 0 aromatic heterocycles. The lowest BCUT2D eigenvalue weighted by Crippen LogP contribution is -2.70. The topological polar surface area (TPSA) is 222 Å². The number of rotatable bonds is 13. The maximum atomic E-state index is 14.1. The molecule has 1 aromatic carbocycles. The van der Waals surface area contributed by atoms with Crippen LogP contribution in [0.4, 0.5) is 14.5 Å². The zero-order valence-corrected chi connectivity index (χ0v) is 25.4. The molecule has 1 aliphatic heterocycles. The van der Waals surface area contributed by atoms with Crippen LogP contribution in [0, 0.1) is 10.1 Å². The Morgan fingerprint density at radius 1 is 1.02 bits per heavy atom. The van der Waals surface area contributed by atoms with Gasteiger partial charge < -0.3 is 38.5 Å². The molecule has 19 heteroatoms. The van der Waals surface area contributed by atoms with Crippen molar-refractivity contribution >= 4 is 41.4 Å². The number of alkyl halides is 2. The molecule has 17 nitrogen and oxygen atoms in total. The van der Waals surface area contributed by atoms with Crippen LogP contribution in [0.2, 0.25) is 0 Å². The number of carbonyl (C=O) groups excluding carboxylic acids is 6. The fraction of sp³-hybridized carbons (Fsp3) is 0.556. The van der Waals surface area contributed by atoms with Gasteiger partial charge in [-0.2, -0.15) is 0 Å². The Labute approximate surface area is 259 Å². The molecule has 0 radical (unpaired) electrons. The Bertz CT molecular complexity index is 1360. The van der Waals surface area contributed by atoms with E-state index in [1.54, 1.807) is 0 Å². The van der Waals surface area contributed by atoms with Crippen LogP contribution in [0.15, 0.2) is 18.2 Å². The van der Waals surface area contributed by atoms with E-state index in [4.69, 9.17) is 33.2 Å². The van der Waals surface area contributed by atoms with Crippen molar-refractivity contribution in [3.05, 3.63) is 33.9 Å². The fourth-order valence-corrected chi connectivity index (χ4v) is 4.59. The molecule has 1 saturated heterocycles. The largest absolute Gasteiger partial charge is 0.464 e. The van der Waals surface area contributed by atoms with Crippen molar-refractivity contribution in [3.63, 3.8) is 0 Å². The first-order valence-electron chi connectivity index (χ1n) is 13.3. The number of methoxy groups -OCH3 is 1. The molecule has 1 aliphatic rings. The Morgan fingerprint density at radius 3 is 2.13 bits per heavy atom. The van der Waals surface area contributed by atoms with E-state index in [9.17, 15) is 47.7 Å². The molecule has 1 amide bonds. The highest BCUT2D eigenvalue weighted by atomic mass is 19.3. The highest BCUT2D eigenvalue weighted by Crippen LogP contribution is 2.41. The van der Waals surface area contributed by atoms with Gasteiger partial charge in [0.1, 0.15) is 24.6 Å². The predicted molar refractivity (Wildman–Crippen MR) is 144 cm³/mol. The molecule has 1 fully saturated rings. The third-order valence-electron chi connectivity index (χ3n) is 6.21. The van der Waals surface area contributed by atoms with Gasteiger partial charge in [0.15, 0.2) is 12.2 Å². The number of nitrogens with zero attached hydrogens (tertiary/aromatic N) is 1. The van der Waals surface area contributed by atoms with Crippen LogP contribution in [0.1, 0.15) is 53.0 Å². The molecule has 0 bridgehead atoms. The van der Waals surface area contributed by atoms with Crippen LogP contribution < -0.4 is 10.1 Å². The van der Waals surface area contributed by atoms with Gasteiger partial charge in [-0.3, -0.25) is 34.1 Å². The normalized spacial score (nSPS) is 22.0. The van der Waals surface area contributed by atoms with Crippen LogP contribution in [0.3, 0.4) is 0 Å². The maximum Gasteiger partial charge on any atom is 0.379 e. The van der Waals surface area contributed by atoms with Crippen LogP contribution in [0.25, 0.3) is 0 Å². The molecule has 3 unspecified atom stereocenters. The van der Waals surface area contributed by atoms with Crippen LogP contribution in [-0.2, 0) is 57.2 Å². The molecule has 0 saturated carbocycles. The van der Waals surface area contributed by atoms with Gasteiger partial charge in [0.2, 0.25) is 5.91 Å². The number of carbonyl (C=O) groups is 6. The standard InChI is InChI=1S/C27H32F2N2O15/c1-12(32)30-22-20(42-14(3)34)10-27(26(37)40-6,45-19-8-7-17(31(38)39)9-18(19)25(28)29)46-24(22)23(44-16(5)36)21(43-15(4)35)11-41-13(2)33/h7-9,20-25H,10-11H2,1-6H3,(H,30,32)/t20?,21-,22+,23+,24?,27?/m0/s1. The zero-order chi connectivity index (χ0) is 34.9. The first kappa shape index (κ1) is 37.2. The number of amides is 1. The highest BCUT2D eigenvalue weighted by Gasteiger charge is 2.60. The minimum atomic E-state index is -3.38. The summed E-state index contributed by atoms with van der Waals surface area (Å²) in [6.07, 6.45) is -11.3. The first-order valence-corrected chi connectivity index (χ1v) is 13.3. The van der Waals surface area contributed by atoms with Crippen LogP contribution in [0.5, 0.6) is 5.75 Å². The first-order chi connectivity index (χ1) is 21.4. The Morgan fingerprint density at radius 2 is 1.65 bits per heavy atom. The Balaban J connectivity index is 2.89. The van der Waals surface area contributed by atoms with Gasteiger partial charge in [-0.25, -0.2) is 13.6 Å². The van der Waals surface area contributed by atoms with E-state index in [0.717, 1.165) is 53.9 Å². The number of non-ortho nitro benzene ring substituents is 1. The summed E-state index contributed by atoms with van der Waals surface area (Å²) in [5, 5.41) is 13.7. The van der Waals surface area contributed by atoms with Crippen molar-refractivity contribution < 1.29 is 75.6 Å². The van der Waals surface area contributed by atoms with Crippen molar-refractivity contribution in [2.24, 2.45) is 0 Å². The van der Waals surface area contributed by atoms with Gasteiger partial charge in [-0.05, 0) is 6.07 Å². The predicted octanol–water partition coefficient (Wildman–Crippen LogP) is 1.43. The molecule has 1 N–H and O–H groups in total. The lowest BCUT2D eigenvalue weighted by atomic mass is 9.88. The van der Waals surface area contributed by atoms with E-state index in [2.05, 4.69) is 5.32 Å². The number of esters is 5. The Kier molecular flexibility index (Phi) is 12.8. The number of nitrogens with one attached hydrogen (secondary N) is 1. The second kappa shape index (κ2) is 15.9. The van der Waals surface area contributed by atoms with Gasteiger partial charge in [0.05, 0.1) is 30.1 Å². The monoisotopic (exact) mass is 662 g/mol. The minimum absolute atomic E-state index is 0.493. The van der Waals surface area contributed by atoms with E-state index >= 15 is 0 Å². The van der Waals surface area contributed by atoms with Crippen molar-refractivity contribution in [1.29, 1.82) is 0 Å². The van der Waals surface area contributed by atoms with Gasteiger partial charge in [0, 0.05) is 46.8 Å². The van der Waals surface area contributed by atoms with Crippen molar-refractivity contribution in [1.82, 2.24) is 5.32 Å². The summed E-state index contributed by atoms with van der Waals surface area (Å²) in [5.74, 6) is -9.67. The molecule has 254 valence electrons. The number of halogens is 2. The number of ether oxygens (including phenoxy) is 7. The number of nitro groups is 1. The minimum Gasteiger partial charge on any atom is -0.464 e. The average molecular weight is 663 g/mol. The number of hydrogen-bond acceptors (Lipinski definition) is 15. The fourth-order valence-electron chi connectivity index (χ4n) is 4.59. The summed E-state index contributed by atoms with van der Waals surface area (Å²) in [4.78, 5) is 84.2. The van der Waals surface area contributed by atoms with Gasteiger partial charge in [0.25, 0.3) is 12.1 Å². The number of benzene rings is 1. The highest BCUT2D eigenvalue weighted by molar-refractivity contribution is 5.79. The second-order valence-corrected chi connectivity index (χ2v) is 9.81. The van der Waals surface area contributed by atoms with E-state index in [1.807, 2.05) is 0 Å². The Hall–Kier alpha value is -4.94.